The lowest BCUT2D eigenvalue weighted by molar-refractivity contribution is 0.0813. The largest absolute Gasteiger partial charge is 0.373 e. The Morgan fingerprint density at radius 3 is 2.68 bits per heavy atom. The topological polar surface area (TPSA) is 9.23 Å². The van der Waals surface area contributed by atoms with Crippen molar-refractivity contribution >= 4 is 5.57 Å². The Bertz CT molecular complexity index is 528. The van der Waals surface area contributed by atoms with Gasteiger partial charge in [-0.25, -0.2) is 0 Å². The van der Waals surface area contributed by atoms with Gasteiger partial charge in [-0.3, -0.25) is 0 Å². The Labute approximate surface area is 135 Å². The minimum Gasteiger partial charge on any atom is -0.373 e. The van der Waals surface area contributed by atoms with Gasteiger partial charge in [-0.05, 0) is 41.5 Å². The Hall–Kier alpha value is -1.08. The van der Waals surface area contributed by atoms with E-state index in [0.717, 1.165) is 13.0 Å². The molecule has 0 spiro atoms. The van der Waals surface area contributed by atoms with Crippen LogP contribution in [0.15, 0.2) is 29.8 Å². The maximum Gasteiger partial charge on any atom is 0.0690 e. The second kappa shape index (κ2) is 7.46. The lowest BCUT2D eigenvalue weighted by Crippen LogP contribution is -2.22. The van der Waals surface area contributed by atoms with Gasteiger partial charge in [0.15, 0.2) is 0 Å². The van der Waals surface area contributed by atoms with Crippen LogP contribution in [0.25, 0.3) is 5.57 Å². The minimum atomic E-state index is 0.464. The smallest absolute Gasteiger partial charge is 0.0690 e. The van der Waals surface area contributed by atoms with Crippen LogP contribution in [0.5, 0.6) is 0 Å². The first kappa shape index (κ1) is 15.8. The Balaban J connectivity index is 1.68. The molecule has 1 unspecified atom stereocenters. The van der Waals surface area contributed by atoms with Gasteiger partial charge in [0.25, 0.3) is 0 Å². The molecule has 22 heavy (non-hydrogen) atoms. The quantitative estimate of drug-likeness (QED) is 0.580. The van der Waals surface area contributed by atoms with Gasteiger partial charge in [0.05, 0.1) is 12.7 Å². The molecular weight excluding hydrogens is 268 g/mol. The summed E-state index contributed by atoms with van der Waals surface area (Å²) in [4.78, 5) is 0. The van der Waals surface area contributed by atoms with Crippen molar-refractivity contribution in [2.24, 2.45) is 5.92 Å². The third-order valence-electron chi connectivity index (χ3n) is 5.46. The van der Waals surface area contributed by atoms with Crippen LogP contribution in [0.1, 0.15) is 69.9 Å². The lowest BCUT2D eigenvalue weighted by atomic mass is 9.76. The van der Waals surface area contributed by atoms with Crippen LogP contribution in [-0.4, -0.2) is 12.7 Å². The standard InChI is InChI=1S/C21H30O/c1-3-5-6-7-8-13-21-19-14-16-11-9-10-12-18(16)17(4-2)20(19)15-22-21/h9-12,19,21H,3-8,13-15H2,1-2H3/t19?,21-/m0/s1. The van der Waals surface area contributed by atoms with Gasteiger partial charge in [0, 0.05) is 5.92 Å². The van der Waals surface area contributed by atoms with Crippen molar-refractivity contribution in [1.82, 2.24) is 0 Å². The molecule has 1 aromatic carbocycles. The number of hydrogen-bond acceptors (Lipinski definition) is 1. The van der Waals surface area contributed by atoms with Crippen molar-refractivity contribution in [3.05, 3.63) is 41.0 Å². The Morgan fingerprint density at radius 1 is 1.05 bits per heavy atom. The first-order valence-corrected chi connectivity index (χ1v) is 9.27. The van der Waals surface area contributed by atoms with Crippen LogP contribution >= 0.6 is 0 Å². The number of hydrogen-bond donors (Lipinski definition) is 0. The zero-order valence-corrected chi connectivity index (χ0v) is 14.2. The van der Waals surface area contributed by atoms with E-state index in [9.17, 15) is 0 Å². The molecule has 1 aliphatic carbocycles. The van der Waals surface area contributed by atoms with Crippen molar-refractivity contribution in [1.29, 1.82) is 0 Å². The van der Waals surface area contributed by atoms with Gasteiger partial charge in [0.2, 0.25) is 0 Å². The molecule has 1 heteroatoms. The predicted octanol–water partition coefficient (Wildman–Crippen LogP) is 5.78. The van der Waals surface area contributed by atoms with Crippen LogP contribution in [0.4, 0.5) is 0 Å². The summed E-state index contributed by atoms with van der Waals surface area (Å²) in [6, 6.07) is 8.98. The van der Waals surface area contributed by atoms with Crippen LogP contribution in [0, 0.1) is 5.92 Å². The molecule has 0 N–H and O–H groups in total. The number of allylic oxidation sites excluding steroid dienone is 1. The van der Waals surface area contributed by atoms with Gasteiger partial charge in [-0.2, -0.15) is 0 Å². The summed E-state index contributed by atoms with van der Waals surface area (Å²) in [6.45, 7) is 5.45. The van der Waals surface area contributed by atoms with E-state index in [-0.39, 0.29) is 0 Å². The van der Waals surface area contributed by atoms with Gasteiger partial charge in [0.1, 0.15) is 0 Å². The summed E-state index contributed by atoms with van der Waals surface area (Å²) < 4.78 is 6.21. The molecule has 120 valence electrons. The highest BCUT2D eigenvalue weighted by atomic mass is 16.5. The average Bonchev–Trinajstić information content (AvgIpc) is 2.95. The molecule has 0 radical (unpaired) electrons. The fourth-order valence-corrected chi connectivity index (χ4v) is 4.26. The van der Waals surface area contributed by atoms with E-state index in [1.807, 2.05) is 0 Å². The molecule has 1 aliphatic heterocycles. The molecule has 0 aromatic heterocycles. The molecule has 2 atom stereocenters. The van der Waals surface area contributed by atoms with Gasteiger partial charge in [-0.1, -0.05) is 70.2 Å². The molecule has 3 rings (SSSR count). The Kier molecular flexibility index (Phi) is 5.36. The SMILES string of the molecule is CCCCCCC[C@@H]1OCC2=C(CC)c3ccccc3CC21. The summed E-state index contributed by atoms with van der Waals surface area (Å²) in [7, 11) is 0. The fourth-order valence-electron chi connectivity index (χ4n) is 4.26. The molecule has 1 heterocycles. The maximum absolute atomic E-state index is 6.21. The highest BCUT2D eigenvalue weighted by Gasteiger charge is 2.37. The van der Waals surface area contributed by atoms with E-state index < -0.39 is 0 Å². The van der Waals surface area contributed by atoms with Crippen molar-refractivity contribution in [2.45, 2.75) is 71.3 Å². The van der Waals surface area contributed by atoms with Gasteiger partial charge < -0.3 is 4.74 Å². The van der Waals surface area contributed by atoms with Crippen molar-refractivity contribution in [2.75, 3.05) is 6.61 Å². The normalized spacial score (nSPS) is 23.5. The van der Waals surface area contributed by atoms with E-state index in [1.54, 1.807) is 11.1 Å². The molecule has 1 nitrogen and oxygen atoms in total. The predicted molar refractivity (Wildman–Crippen MR) is 94.0 cm³/mol. The van der Waals surface area contributed by atoms with E-state index >= 15 is 0 Å². The molecule has 0 bridgehead atoms. The summed E-state index contributed by atoms with van der Waals surface area (Å²) >= 11 is 0. The van der Waals surface area contributed by atoms with E-state index in [4.69, 9.17) is 4.74 Å². The number of benzene rings is 1. The first-order chi connectivity index (χ1) is 10.8. The van der Waals surface area contributed by atoms with E-state index in [2.05, 4.69) is 38.1 Å². The summed E-state index contributed by atoms with van der Waals surface area (Å²) in [5.41, 5.74) is 6.21. The minimum absolute atomic E-state index is 0.464. The highest BCUT2D eigenvalue weighted by molar-refractivity contribution is 5.74. The lowest BCUT2D eigenvalue weighted by Gasteiger charge is -2.27. The van der Waals surface area contributed by atoms with Gasteiger partial charge >= 0.3 is 0 Å². The van der Waals surface area contributed by atoms with E-state index in [1.165, 1.54) is 56.1 Å². The molecular formula is C21H30O. The highest BCUT2D eigenvalue weighted by Crippen LogP contribution is 2.43. The molecule has 2 aliphatic rings. The second-order valence-electron chi connectivity index (χ2n) is 6.88. The summed E-state index contributed by atoms with van der Waals surface area (Å²) in [5, 5.41) is 0. The number of rotatable bonds is 7. The van der Waals surface area contributed by atoms with Crippen LogP contribution < -0.4 is 0 Å². The fraction of sp³-hybridized carbons (Fsp3) is 0.619. The number of unbranched alkanes of at least 4 members (excludes halogenated alkanes) is 4. The van der Waals surface area contributed by atoms with E-state index in [0.29, 0.717) is 12.0 Å². The van der Waals surface area contributed by atoms with Crippen LogP contribution in [0.3, 0.4) is 0 Å². The molecule has 0 amide bonds. The Morgan fingerprint density at radius 2 is 1.86 bits per heavy atom. The first-order valence-electron chi connectivity index (χ1n) is 9.27. The van der Waals surface area contributed by atoms with Crippen LogP contribution in [-0.2, 0) is 11.2 Å². The molecule has 1 fully saturated rings. The van der Waals surface area contributed by atoms with Crippen LogP contribution in [0.2, 0.25) is 0 Å². The second-order valence-corrected chi connectivity index (χ2v) is 6.88. The maximum atomic E-state index is 6.21. The summed E-state index contributed by atoms with van der Waals surface area (Å²) in [5.74, 6) is 0.649. The third-order valence-corrected chi connectivity index (χ3v) is 5.46. The molecule has 1 aromatic rings. The van der Waals surface area contributed by atoms with Crippen molar-refractivity contribution < 1.29 is 4.74 Å². The van der Waals surface area contributed by atoms with Gasteiger partial charge in [-0.15, -0.1) is 0 Å². The molecule has 0 saturated carbocycles. The zero-order chi connectivity index (χ0) is 15.4. The zero-order valence-electron chi connectivity index (χ0n) is 14.2. The average molecular weight is 298 g/mol. The third kappa shape index (κ3) is 3.15. The number of ether oxygens (including phenoxy) is 1. The monoisotopic (exact) mass is 298 g/mol. The number of fused-ring (bicyclic) bond motifs is 2. The van der Waals surface area contributed by atoms with Crippen molar-refractivity contribution in [3.8, 4) is 0 Å². The summed E-state index contributed by atoms with van der Waals surface area (Å²) in [6.07, 6.45) is 10.8. The molecule has 1 saturated heterocycles. The van der Waals surface area contributed by atoms with Crippen molar-refractivity contribution in [3.63, 3.8) is 0 Å².